The van der Waals surface area contributed by atoms with E-state index in [4.69, 9.17) is 4.74 Å². The van der Waals surface area contributed by atoms with Gasteiger partial charge in [-0.25, -0.2) is 8.91 Å². The number of hydrogen-bond acceptors (Lipinski definition) is 4. The number of benzene rings is 1. The highest BCUT2D eigenvalue weighted by Gasteiger charge is 2.14. The fraction of sp³-hybridized carbons (Fsp3) is 0.133. The van der Waals surface area contributed by atoms with Crippen LogP contribution in [-0.4, -0.2) is 27.5 Å². The van der Waals surface area contributed by atoms with E-state index in [-0.39, 0.29) is 18.0 Å². The molecule has 6 heteroatoms. The van der Waals surface area contributed by atoms with Crippen LogP contribution in [0.25, 0.3) is 5.52 Å². The van der Waals surface area contributed by atoms with Crippen LogP contribution in [0.4, 0.5) is 4.39 Å². The minimum Gasteiger partial charge on any atom is -0.494 e. The van der Waals surface area contributed by atoms with Crippen molar-refractivity contribution in [2.45, 2.75) is 6.42 Å². The molecule has 106 valence electrons. The van der Waals surface area contributed by atoms with Gasteiger partial charge in [0.05, 0.1) is 30.6 Å². The van der Waals surface area contributed by atoms with Gasteiger partial charge >= 0.3 is 0 Å². The van der Waals surface area contributed by atoms with Crippen LogP contribution in [0.1, 0.15) is 15.9 Å². The standard InChI is InChI=1S/C15H12FN3O2/c1-21-15-3-2-10(6-12(15)16)7-14(20)11-8-18-19-5-4-17-9-13(11)19/h2-6,8-9H,7H2,1H3. The molecule has 0 aliphatic rings. The summed E-state index contributed by atoms with van der Waals surface area (Å²) in [6, 6.07) is 4.49. The van der Waals surface area contributed by atoms with Crippen molar-refractivity contribution in [2.24, 2.45) is 0 Å². The molecule has 0 fully saturated rings. The van der Waals surface area contributed by atoms with Gasteiger partial charge in [0.15, 0.2) is 17.3 Å². The van der Waals surface area contributed by atoms with Gasteiger partial charge in [-0.1, -0.05) is 6.07 Å². The maximum absolute atomic E-state index is 13.6. The van der Waals surface area contributed by atoms with E-state index in [1.807, 2.05) is 0 Å². The molecule has 0 saturated carbocycles. The first-order valence-corrected chi connectivity index (χ1v) is 6.32. The topological polar surface area (TPSA) is 56.5 Å². The number of Topliss-reactive ketones (excluding diaryl/α,β-unsaturated/α-hetero) is 1. The third-order valence-electron chi connectivity index (χ3n) is 3.21. The van der Waals surface area contributed by atoms with Crippen molar-refractivity contribution in [3.63, 3.8) is 0 Å². The molecular formula is C15H12FN3O2. The second kappa shape index (κ2) is 5.32. The highest BCUT2D eigenvalue weighted by Crippen LogP contribution is 2.19. The molecule has 0 saturated heterocycles. The molecule has 0 amide bonds. The summed E-state index contributed by atoms with van der Waals surface area (Å²) in [5.74, 6) is -0.460. The Morgan fingerprint density at radius 1 is 1.38 bits per heavy atom. The number of halogens is 1. The minimum absolute atomic E-state index is 0.0944. The molecule has 1 aromatic carbocycles. The van der Waals surface area contributed by atoms with Crippen molar-refractivity contribution in [1.82, 2.24) is 14.6 Å². The summed E-state index contributed by atoms with van der Waals surface area (Å²) in [5, 5.41) is 4.09. The molecule has 0 aliphatic carbocycles. The lowest BCUT2D eigenvalue weighted by Crippen LogP contribution is -2.04. The lowest BCUT2D eigenvalue weighted by Gasteiger charge is -2.04. The molecule has 3 aromatic rings. The Labute approximate surface area is 120 Å². The fourth-order valence-corrected chi connectivity index (χ4v) is 2.15. The summed E-state index contributed by atoms with van der Waals surface area (Å²) in [6.07, 6.45) is 6.43. The molecule has 2 aromatic heterocycles. The van der Waals surface area contributed by atoms with Gasteiger partial charge in [0.2, 0.25) is 0 Å². The molecule has 0 bridgehead atoms. The lowest BCUT2D eigenvalue weighted by molar-refractivity contribution is 0.0994. The van der Waals surface area contributed by atoms with Gasteiger partial charge in [-0.15, -0.1) is 0 Å². The average molecular weight is 285 g/mol. The van der Waals surface area contributed by atoms with E-state index in [1.165, 1.54) is 25.4 Å². The fourth-order valence-electron chi connectivity index (χ4n) is 2.15. The van der Waals surface area contributed by atoms with Crippen molar-refractivity contribution >= 4 is 11.3 Å². The zero-order chi connectivity index (χ0) is 14.8. The first-order valence-electron chi connectivity index (χ1n) is 6.32. The Bertz CT molecular complexity index is 814. The van der Waals surface area contributed by atoms with E-state index >= 15 is 0 Å². The number of nitrogens with zero attached hydrogens (tertiary/aromatic N) is 3. The number of carbonyl (C=O) groups excluding carboxylic acids is 1. The number of methoxy groups -OCH3 is 1. The van der Waals surface area contributed by atoms with Gasteiger partial charge in [0.25, 0.3) is 0 Å². The maximum Gasteiger partial charge on any atom is 0.171 e. The van der Waals surface area contributed by atoms with Crippen LogP contribution >= 0.6 is 0 Å². The minimum atomic E-state index is -0.482. The Balaban J connectivity index is 1.88. The van der Waals surface area contributed by atoms with Crippen LogP contribution < -0.4 is 4.74 Å². The Kier molecular flexibility index (Phi) is 3.35. The molecule has 3 rings (SSSR count). The largest absolute Gasteiger partial charge is 0.494 e. The Morgan fingerprint density at radius 3 is 3.00 bits per heavy atom. The monoisotopic (exact) mass is 285 g/mol. The van der Waals surface area contributed by atoms with E-state index in [9.17, 15) is 9.18 Å². The van der Waals surface area contributed by atoms with Crippen molar-refractivity contribution in [3.05, 3.63) is 59.9 Å². The number of rotatable bonds is 4. The predicted octanol–water partition coefficient (Wildman–Crippen LogP) is 2.30. The first-order chi connectivity index (χ1) is 10.2. The van der Waals surface area contributed by atoms with E-state index in [0.29, 0.717) is 16.6 Å². The van der Waals surface area contributed by atoms with E-state index in [0.717, 1.165) is 0 Å². The summed E-state index contributed by atoms with van der Waals surface area (Å²) in [6.45, 7) is 0. The zero-order valence-electron chi connectivity index (χ0n) is 11.3. The summed E-state index contributed by atoms with van der Waals surface area (Å²) in [7, 11) is 1.40. The smallest absolute Gasteiger partial charge is 0.171 e. The second-order valence-electron chi connectivity index (χ2n) is 4.53. The second-order valence-corrected chi connectivity index (χ2v) is 4.53. The number of aromatic nitrogens is 3. The first kappa shape index (κ1) is 13.2. The predicted molar refractivity (Wildman–Crippen MR) is 74.0 cm³/mol. The van der Waals surface area contributed by atoms with Gasteiger partial charge < -0.3 is 4.74 Å². The van der Waals surface area contributed by atoms with Crippen molar-refractivity contribution in [1.29, 1.82) is 0 Å². The Morgan fingerprint density at radius 2 is 2.24 bits per heavy atom. The quantitative estimate of drug-likeness (QED) is 0.690. The van der Waals surface area contributed by atoms with Crippen LogP contribution in [0.5, 0.6) is 5.75 Å². The van der Waals surface area contributed by atoms with E-state index < -0.39 is 5.82 Å². The van der Waals surface area contributed by atoms with Gasteiger partial charge in [-0.2, -0.15) is 5.10 Å². The molecule has 5 nitrogen and oxygen atoms in total. The normalized spacial score (nSPS) is 10.8. The van der Waals surface area contributed by atoms with Gasteiger partial charge in [0.1, 0.15) is 0 Å². The third kappa shape index (κ3) is 2.47. The Hall–Kier alpha value is -2.76. The average Bonchev–Trinajstić information content (AvgIpc) is 2.91. The van der Waals surface area contributed by atoms with E-state index in [1.54, 1.807) is 29.2 Å². The number of hydrogen-bond donors (Lipinski definition) is 0. The molecule has 2 heterocycles. The van der Waals surface area contributed by atoms with Crippen LogP contribution in [-0.2, 0) is 6.42 Å². The van der Waals surface area contributed by atoms with Crippen LogP contribution in [0.15, 0.2) is 43.0 Å². The number of ether oxygens (including phenoxy) is 1. The molecule has 0 spiro atoms. The molecular weight excluding hydrogens is 273 g/mol. The van der Waals surface area contributed by atoms with Crippen LogP contribution in [0.2, 0.25) is 0 Å². The molecule has 0 aliphatic heterocycles. The zero-order valence-corrected chi connectivity index (χ0v) is 11.3. The molecule has 0 unspecified atom stereocenters. The summed E-state index contributed by atoms with van der Waals surface area (Å²) < 4.78 is 20.1. The highest BCUT2D eigenvalue weighted by molar-refractivity contribution is 6.03. The van der Waals surface area contributed by atoms with Gasteiger partial charge in [0, 0.05) is 18.8 Å². The third-order valence-corrected chi connectivity index (χ3v) is 3.21. The van der Waals surface area contributed by atoms with Crippen molar-refractivity contribution in [3.8, 4) is 5.75 Å². The molecule has 21 heavy (non-hydrogen) atoms. The van der Waals surface area contributed by atoms with Crippen molar-refractivity contribution < 1.29 is 13.9 Å². The molecule has 0 radical (unpaired) electrons. The summed E-state index contributed by atoms with van der Waals surface area (Å²) in [4.78, 5) is 16.3. The molecule has 0 N–H and O–H groups in total. The van der Waals surface area contributed by atoms with E-state index in [2.05, 4.69) is 10.1 Å². The summed E-state index contributed by atoms with van der Waals surface area (Å²) in [5.41, 5.74) is 1.69. The lowest BCUT2D eigenvalue weighted by atomic mass is 10.0. The van der Waals surface area contributed by atoms with Gasteiger partial charge in [-0.3, -0.25) is 9.78 Å². The van der Waals surface area contributed by atoms with Crippen molar-refractivity contribution in [2.75, 3.05) is 7.11 Å². The van der Waals surface area contributed by atoms with Crippen LogP contribution in [0, 0.1) is 5.82 Å². The highest BCUT2D eigenvalue weighted by atomic mass is 19.1. The number of fused-ring (bicyclic) bond motifs is 1. The number of ketones is 1. The maximum atomic E-state index is 13.6. The van der Waals surface area contributed by atoms with Gasteiger partial charge in [-0.05, 0) is 17.7 Å². The summed E-state index contributed by atoms with van der Waals surface area (Å²) >= 11 is 0. The molecule has 0 atom stereocenters. The SMILES string of the molecule is COc1ccc(CC(=O)c2cnn3ccncc23)cc1F. The number of carbonyl (C=O) groups is 1. The van der Waals surface area contributed by atoms with Crippen LogP contribution in [0.3, 0.4) is 0 Å².